The molecule has 0 aliphatic carbocycles. The van der Waals surface area contributed by atoms with Crippen LogP contribution in [0.15, 0.2) is 60.9 Å². The molecule has 1 fully saturated rings. The van der Waals surface area contributed by atoms with Gasteiger partial charge in [-0.3, -0.25) is 4.98 Å². The first-order valence-corrected chi connectivity index (χ1v) is 9.60. The second-order valence-electron chi connectivity index (χ2n) is 7.21. The zero-order valence-electron chi connectivity index (χ0n) is 15.7. The predicted octanol–water partition coefficient (Wildman–Crippen LogP) is 4.39. The maximum absolute atomic E-state index is 4.88. The molecule has 1 aliphatic heterocycles. The van der Waals surface area contributed by atoms with Gasteiger partial charge in [0, 0.05) is 43.7 Å². The second kappa shape index (κ2) is 8.16. The highest BCUT2D eigenvalue weighted by molar-refractivity contribution is 5.64. The monoisotopic (exact) mass is 359 g/mol. The average Bonchev–Trinajstić information content (AvgIpc) is 2.73. The number of hydrogen-bond acceptors (Lipinski definition) is 5. The minimum atomic E-state index is 0.675. The Hall–Kier alpha value is -2.95. The van der Waals surface area contributed by atoms with E-state index in [-0.39, 0.29) is 0 Å². The summed E-state index contributed by atoms with van der Waals surface area (Å²) in [7, 11) is 0. The fourth-order valence-electron chi connectivity index (χ4n) is 3.49. The molecule has 3 aromatic rings. The smallest absolute Gasteiger partial charge is 0.227 e. The van der Waals surface area contributed by atoms with Gasteiger partial charge in [-0.2, -0.15) is 4.98 Å². The molecule has 2 aromatic heterocycles. The van der Waals surface area contributed by atoms with Crippen molar-refractivity contribution in [3.8, 4) is 11.3 Å². The van der Waals surface area contributed by atoms with Crippen LogP contribution in [0, 0.1) is 5.92 Å². The Bertz CT molecular complexity index is 866. The number of hydrogen-bond donors (Lipinski definition) is 1. The number of rotatable bonds is 5. The summed E-state index contributed by atoms with van der Waals surface area (Å²) in [6.07, 6.45) is 6.14. The van der Waals surface area contributed by atoms with Crippen LogP contribution in [-0.2, 0) is 6.54 Å². The van der Waals surface area contributed by atoms with Gasteiger partial charge in [-0.05, 0) is 30.4 Å². The Morgan fingerprint density at radius 2 is 2.00 bits per heavy atom. The number of nitrogens with one attached hydrogen (secondary N) is 1. The van der Waals surface area contributed by atoms with Gasteiger partial charge < -0.3 is 10.2 Å². The molecular formula is C22H25N5. The third-order valence-corrected chi connectivity index (χ3v) is 4.92. The van der Waals surface area contributed by atoms with Gasteiger partial charge in [0.25, 0.3) is 0 Å². The van der Waals surface area contributed by atoms with Crippen LogP contribution in [-0.4, -0.2) is 28.0 Å². The predicted molar refractivity (Wildman–Crippen MR) is 110 cm³/mol. The van der Waals surface area contributed by atoms with Crippen LogP contribution in [0.1, 0.15) is 25.3 Å². The van der Waals surface area contributed by atoms with Gasteiger partial charge >= 0.3 is 0 Å². The molecule has 0 amide bonds. The molecule has 27 heavy (non-hydrogen) atoms. The summed E-state index contributed by atoms with van der Waals surface area (Å²) in [5, 5.41) is 3.44. The van der Waals surface area contributed by atoms with Crippen LogP contribution in [0.4, 0.5) is 11.8 Å². The fraction of sp³-hybridized carbons (Fsp3) is 0.318. The largest absolute Gasteiger partial charge is 0.366 e. The minimum Gasteiger partial charge on any atom is -0.366 e. The van der Waals surface area contributed by atoms with Crippen molar-refractivity contribution in [1.82, 2.24) is 15.0 Å². The number of pyridine rings is 1. The molecule has 1 aromatic carbocycles. The van der Waals surface area contributed by atoms with E-state index in [2.05, 4.69) is 40.3 Å². The Balaban J connectivity index is 1.63. The molecule has 0 saturated carbocycles. The van der Waals surface area contributed by atoms with Gasteiger partial charge in [0.2, 0.25) is 5.95 Å². The summed E-state index contributed by atoms with van der Waals surface area (Å²) >= 11 is 0. The Morgan fingerprint density at radius 3 is 2.78 bits per heavy atom. The number of aromatic nitrogens is 3. The van der Waals surface area contributed by atoms with Gasteiger partial charge in [0.15, 0.2) is 0 Å². The van der Waals surface area contributed by atoms with E-state index in [0.717, 1.165) is 41.7 Å². The topological polar surface area (TPSA) is 53.9 Å². The molecule has 138 valence electrons. The van der Waals surface area contributed by atoms with Crippen LogP contribution in [0.25, 0.3) is 11.3 Å². The molecular weight excluding hydrogens is 334 g/mol. The first kappa shape index (κ1) is 17.5. The summed E-state index contributed by atoms with van der Waals surface area (Å²) in [4.78, 5) is 16.2. The standard InChI is InChI=1S/C22H25N5/c1-17-7-6-12-27(16-17)22-25-20(19-9-3-2-4-10-19)13-21(26-22)24-15-18-8-5-11-23-14-18/h2-5,8-11,13-14,17H,6-7,12,15-16H2,1H3,(H,24,25,26). The Morgan fingerprint density at radius 1 is 1.11 bits per heavy atom. The molecule has 1 aliphatic rings. The number of piperidine rings is 1. The van der Waals surface area contributed by atoms with E-state index in [0.29, 0.717) is 12.5 Å². The highest BCUT2D eigenvalue weighted by Crippen LogP contribution is 2.26. The summed E-state index contributed by atoms with van der Waals surface area (Å²) in [5.41, 5.74) is 3.19. The molecule has 1 atom stereocenters. The first-order chi connectivity index (χ1) is 13.3. The maximum atomic E-state index is 4.88. The van der Waals surface area contributed by atoms with Gasteiger partial charge in [0.1, 0.15) is 5.82 Å². The van der Waals surface area contributed by atoms with E-state index in [4.69, 9.17) is 9.97 Å². The van der Waals surface area contributed by atoms with Crippen LogP contribution in [0.3, 0.4) is 0 Å². The average molecular weight is 359 g/mol. The normalized spacial score (nSPS) is 16.9. The van der Waals surface area contributed by atoms with Crippen LogP contribution < -0.4 is 10.2 Å². The zero-order valence-corrected chi connectivity index (χ0v) is 15.7. The SMILES string of the molecule is CC1CCCN(c2nc(NCc3cccnc3)cc(-c3ccccc3)n2)C1. The van der Waals surface area contributed by atoms with E-state index < -0.39 is 0 Å². The lowest BCUT2D eigenvalue weighted by Gasteiger charge is -2.31. The summed E-state index contributed by atoms with van der Waals surface area (Å²) in [6, 6.07) is 16.3. The molecule has 0 spiro atoms. The van der Waals surface area contributed by atoms with Crippen molar-refractivity contribution < 1.29 is 0 Å². The zero-order chi connectivity index (χ0) is 18.5. The lowest BCUT2D eigenvalue weighted by atomic mass is 10.0. The van der Waals surface area contributed by atoms with E-state index >= 15 is 0 Å². The first-order valence-electron chi connectivity index (χ1n) is 9.60. The highest BCUT2D eigenvalue weighted by Gasteiger charge is 2.20. The molecule has 5 heteroatoms. The summed E-state index contributed by atoms with van der Waals surface area (Å²) in [5.74, 6) is 2.34. The fourth-order valence-corrected chi connectivity index (χ4v) is 3.49. The lowest BCUT2D eigenvalue weighted by Crippen LogP contribution is -2.35. The minimum absolute atomic E-state index is 0.675. The molecule has 3 heterocycles. The lowest BCUT2D eigenvalue weighted by molar-refractivity contribution is 0.442. The quantitative estimate of drug-likeness (QED) is 0.732. The molecule has 0 bridgehead atoms. The molecule has 1 saturated heterocycles. The third-order valence-electron chi connectivity index (χ3n) is 4.92. The molecule has 5 nitrogen and oxygen atoms in total. The van der Waals surface area contributed by atoms with Crippen LogP contribution >= 0.6 is 0 Å². The van der Waals surface area contributed by atoms with Gasteiger partial charge in [-0.15, -0.1) is 0 Å². The number of anilines is 2. The van der Waals surface area contributed by atoms with E-state index in [1.165, 1.54) is 12.8 Å². The third kappa shape index (κ3) is 4.42. The van der Waals surface area contributed by atoms with Crippen LogP contribution in [0.2, 0.25) is 0 Å². The van der Waals surface area contributed by atoms with Gasteiger partial charge in [-0.25, -0.2) is 4.98 Å². The summed E-state index contributed by atoms with van der Waals surface area (Å²) < 4.78 is 0. The Kier molecular flexibility index (Phi) is 5.28. The van der Waals surface area contributed by atoms with E-state index in [9.17, 15) is 0 Å². The van der Waals surface area contributed by atoms with Gasteiger partial charge in [0.05, 0.1) is 5.69 Å². The molecule has 0 radical (unpaired) electrons. The van der Waals surface area contributed by atoms with Gasteiger partial charge in [-0.1, -0.05) is 43.3 Å². The second-order valence-corrected chi connectivity index (χ2v) is 7.21. The maximum Gasteiger partial charge on any atom is 0.227 e. The number of benzene rings is 1. The Labute approximate surface area is 160 Å². The van der Waals surface area contributed by atoms with Crippen molar-refractivity contribution in [2.45, 2.75) is 26.3 Å². The van der Waals surface area contributed by atoms with Crippen molar-refractivity contribution in [2.75, 3.05) is 23.3 Å². The van der Waals surface area contributed by atoms with E-state index in [1.54, 1.807) is 6.20 Å². The van der Waals surface area contributed by atoms with Crippen molar-refractivity contribution in [3.63, 3.8) is 0 Å². The highest BCUT2D eigenvalue weighted by atomic mass is 15.3. The van der Waals surface area contributed by atoms with Crippen LogP contribution in [0.5, 0.6) is 0 Å². The molecule has 1 N–H and O–H groups in total. The molecule has 1 unspecified atom stereocenters. The summed E-state index contributed by atoms with van der Waals surface area (Å²) in [6.45, 7) is 5.02. The number of nitrogens with zero attached hydrogens (tertiary/aromatic N) is 4. The molecule has 4 rings (SSSR count). The van der Waals surface area contributed by atoms with Crippen molar-refractivity contribution in [3.05, 3.63) is 66.5 Å². The van der Waals surface area contributed by atoms with Crippen molar-refractivity contribution in [2.24, 2.45) is 5.92 Å². The van der Waals surface area contributed by atoms with Crippen molar-refractivity contribution in [1.29, 1.82) is 0 Å². The van der Waals surface area contributed by atoms with E-state index in [1.807, 2.05) is 36.5 Å². The van der Waals surface area contributed by atoms with Crippen molar-refractivity contribution >= 4 is 11.8 Å².